The fourth-order valence-corrected chi connectivity index (χ4v) is 8.41. The van der Waals surface area contributed by atoms with E-state index in [1.165, 1.54) is 13.5 Å². The summed E-state index contributed by atoms with van der Waals surface area (Å²) in [6, 6.07) is 0. The summed E-state index contributed by atoms with van der Waals surface area (Å²) >= 11 is 0. The van der Waals surface area contributed by atoms with E-state index in [9.17, 15) is 4.79 Å². The van der Waals surface area contributed by atoms with E-state index in [0.29, 0.717) is 50.1 Å². The lowest BCUT2D eigenvalue weighted by molar-refractivity contribution is -0.277. The van der Waals surface area contributed by atoms with Crippen LogP contribution in [0.2, 0.25) is 0 Å². The topological polar surface area (TPSA) is 63.2 Å². The van der Waals surface area contributed by atoms with Crippen molar-refractivity contribution in [3.8, 4) is 0 Å². The molecule has 6 heteroatoms. The number of hydrogen-bond acceptors (Lipinski definition) is 6. The van der Waals surface area contributed by atoms with Gasteiger partial charge >= 0.3 is 5.97 Å². The molecule has 0 radical (unpaired) electrons. The van der Waals surface area contributed by atoms with E-state index in [2.05, 4.69) is 20.8 Å². The van der Waals surface area contributed by atoms with Gasteiger partial charge in [0.25, 0.3) is 0 Å². The van der Waals surface area contributed by atoms with Gasteiger partial charge in [-0.15, -0.1) is 0 Å². The van der Waals surface area contributed by atoms with Gasteiger partial charge < -0.3 is 23.7 Å². The molecule has 0 aromatic rings. The van der Waals surface area contributed by atoms with Crippen LogP contribution in [-0.4, -0.2) is 51.1 Å². The van der Waals surface area contributed by atoms with Crippen LogP contribution >= 0.6 is 0 Å². The molecule has 31 heavy (non-hydrogen) atoms. The molecule has 2 heterocycles. The number of carbonyl (C=O) groups excluding carboxylic acids is 1. The van der Waals surface area contributed by atoms with Crippen LogP contribution in [0.15, 0.2) is 12.2 Å². The van der Waals surface area contributed by atoms with Crippen LogP contribution in [-0.2, 0) is 28.5 Å². The first kappa shape index (κ1) is 21.9. The molecule has 6 nitrogen and oxygen atoms in total. The second kappa shape index (κ2) is 7.54. The van der Waals surface area contributed by atoms with Crippen LogP contribution in [0.3, 0.4) is 0 Å². The normalized spacial score (nSPS) is 45.7. The van der Waals surface area contributed by atoms with Gasteiger partial charge in [0.15, 0.2) is 11.6 Å². The standard InChI is InChI=1S/C25H38O6/c1-22-10-8-19-17(18(22)5-6-20(22)24(3)28-13-14-29-24)7-12-25(30-15-16-31-25)23(19,2)11-9-21(26)27-4/h9,11,17-20H,5-8,10,12-16H2,1-4H3/b11-9+/t17?,18?,19?,20-,22-,23+/m0/s1. The fraction of sp³-hybridized carbons (Fsp3) is 0.880. The maximum atomic E-state index is 12.0. The van der Waals surface area contributed by atoms with Crippen molar-refractivity contribution >= 4 is 5.97 Å². The lowest BCUT2D eigenvalue weighted by Crippen LogP contribution is -2.60. The van der Waals surface area contributed by atoms with Gasteiger partial charge in [-0.05, 0) is 62.2 Å². The third-order valence-corrected chi connectivity index (χ3v) is 9.85. The summed E-state index contributed by atoms with van der Waals surface area (Å²) in [6.45, 7) is 9.53. The maximum absolute atomic E-state index is 12.0. The molecule has 2 saturated heterocycles. The average Bonchev–Trinajstić information content (AvgIpc) is 3.48. The van der Waals surface area contributed by atoms with E-state index in [0.717, 1.165) is 32.1 Å². The lowest BCUT2D eigenvalue weighted by atomic mass is 9.47. The molecule has 2 aliphatic heterocycles. The molecule has 5 rings (SSSR count). The monoisotopic (exact) mass is 434 g/mol. The second-order valence-corrected chi connectivity index (χ2v) is 10.9. The van der Waals surface area contributed by atoms with Crippen molar-refractivity contribution in [2.24, 2.45) is 34.5 Å². The first-order valence-corrected chi connectivity index (χ1v) is 12.1. The molecule has 3 unspecified atom stereocenters. The van der Waals surface area contributed by atoms with E-state index >= 15 is 0 Å². The van der Waals surface area contributed by atoms with Crippen molar-refractivity contribution in [1.82, 2.24) is 0 Å². The minimum atomic E-state index is -0.631. The average molecular weight is 435 g/mol. The first-order chi connectivity index (χ1) is 14.8. The molecule has 6 atom stereocenters. The summed E-state index contributed by atoms with van der Waals surface area (Å²) in [4.78, 5) is 12.0. The highest BCUT2D eigenvalue weighted by atomic mass is 16.7. The summed E-state index contributed by atoms with van der Waals surface area (Å²) in [5.41, 5.74) is -0.139. The molecular formula is C25H38O6. The van der Waals surface area contributed by atoms with E-state index in [1.54, 1.807) is 6.08 Å². The zero-order valence-electron chi connectivity index (χ0n) is 19.5. The summed E-state index contributed by atoms with van der Waals surface area (Å²) in [6.07, 6.45) is 10.2. The van der Waals surface area contributed by atoms with Crippen molar-refractivity contribution in [1.29, 1.82) is 0 Å². The van der Waals surface area contributed by atoms with Gasteiger partial charge in [-0.1, -0.05) is 19.9 Å². The van der Waals surface area contributed by atoms with Gasteiger partial charge in [-0.3, -0.25) is 0 Å². The molecule has 3 aliphatic carbocycles. The van der Waals surface area contributed by atoms with E-state index < -0.39 is 11.6 Å². The van der Waals surface area contributed by atoms with Crippen molar-refractivity contribution in [2.75, 3.05) is 33.5 Å². The molecule has 5 fully saturated rings. The number of ether oxygens (including phenoxy) is 5. The minimum Gasteiger partial charge on any atom is -0.466 e. The predicted octanol–water partition coefficient (Wildman–Crippen LogP) is 4.08. The molecule has 0 bridgehead atoms. The first-order valence-electron chi connectivity index (χ1n) is 12.1. The highest BCUT2D eigenvalue weighted by molar-refractivity contribution is 5.81. The Morgan fingerprint density at radius 3 is 2.23 bits per heavy atom. The maximum Gasteiger partial charge on any atom is 0.330 e. The Balaban J connectivity index is 1.47. The fourth-order valence-electron chi connectivity index (χ4n) is 8.41. The van der Waals surface area contributed by atoms with E-state index in [-0.39, 0.29) is 16.8 Å². The van der Waals surface area contributed by atoms with Crippen LogP contribution in [0, 0.1) is 34.5 Å². The highest BCUT2D eigenvalue weighted by Gasteiger charge is 2.67. The highest BCUT2D eigenvalue weighted by Crippen LogP contribution is 2.69. The van der Waals surface area contributed by atoms with Gasteiger partial charge in [-0.2, -0.15) is 0 Å². The van der Waals surface area contributed by atoms with Gasteiger partial charge in [0.1, 0.15) is 0 Å². The summed E-state index contributed by atoms with van der Waals surface area (Å²) in [5, 5.41) is 0. The molecule has 0 N–H and O–H groups in total. The molecule has 1 spiro atoms. The largest absolute Gasteiger partial charge is 0.466 e. The zero-order chi connectivity index (χ0) is 21.9. The van der Waals surface area contributed by atoms with Crippen LogP contribution in [0.4, 0.5) is 0 Å². The van der Waals surface area contributed by atoms with Crippen molar-refractivity contribution < 1.29 is 28.5 Å². The summed E-state index contributed by atoms with van der Waals surface area (Å²) in [5.74, 6) is 0.661. The number of rotatable bonds is 3. The minimum absolute atomic E-state index is 0.217. The number of methoxy groups -OCH3 is 1. The number of carbonyl (C=O) groups is 1. The van der Waals surface area contributed by atoms with E-state index in [1.807, 2.05) is 6.08 Å². The number of esters is 1. The van der Waals surface area contributed by atoms with Gasteiger partial charge in [0.05, 0.1) is 33.5 Å². The molecule has 5 aliphatic rings. The van der Waals surface area contributed by atoms with Gasteiger partial charge in [0, 0.05) is 23.8 Å². The third kappa shape index (κ3) is 3.08. The second-order valence-electron chi connectivity index (χ2n) is 10.9. The number of fused-ring (bicyclic) bond motifs is 3. The Labute approximate surface area is 186 Å². The van der Waals surface area contributed by atoms with Crippen LogP contribution in [0.5, 0.6) is 0 Å². The lowest BCUT2D eigenvalue weighted by Gasteiger charge is -2.61. The smallest absolute Gasteiger partial charge is 0.330 e. The Kier molecular flexibility index (Phi) is 5.32. The molecule has 3 saturated carbocycles. The molecule has 0 amide bonds. The van der Waals surface area contributed by atoms with Gasteiger partial charge in [0.2, 0.25) is 0 Å². The van der Waals surface area contributed by atoms with Crippen molar-refractivity contribution in [3.63, 3.8) is 0 Å². The quantitative estimate of drug-likeness (QED) is 0.493. The Morgan fingerprint density at radius 1 is 0.871 bits per heavy atom. The van der Waals surface area contributed by atoms with Gasteiger partial charge in [-0.25, -0.2) is 4.79 Å². The Bertz CT molecular complexity index is 736. The zero-order valence-corrected chi connectivity index (χ0v) is 19.5. The van der Waals surface area contributed by atoms with E-state index in [4.69, 9.17) is 23.7 Å². The molecule has 0 aromatic heterocycles. The van der Waals surface area contributed by atoms with Crippen molar-refractivity contribution in [3.05, 3.63) is 12.2 Å². The Morgan fingerprint density at radius 2 is 1.55 bits per heavy atom. The van der Waals surface area contributed by atoms with Crippen LogP contribution in [0.25, 0.3) is 0 Å². The Hall–Kier alpha value is -0.950. The summed E-state index contributed by atoms with van der Waals surface area (Å²) < 4.78 is 29.8. The SMILES string of the molecule is COC(=O)/C=C/[C@]1(C)C2CC[C@@]3(C)C(CC[C@@H]3C3(C)OCCO3)C2CCC12OCCO2. The van der Waals surface area contributed by atoms with Crippen LogP contribution < -0.4 is 0 Å². The van der Waals surface area contributed by atoms with Crippen LogP contribution in [0.1, 0.15) is 59.3 Å². The van der Waals surface area contributed by atoms with Crippen molar-refractivity contribution in [2.45, 2.75) is 70.9 Å². The summed E-state index contributed by atoms with van der Waals surface area (Å²) in [7, 11) is 1.43. The molecule has 174 valence electrons. The molecular weight excluding hydrogens is 396 g/mol. The number of hydrogen-bond donors (Lipinski definition) is 0. The molecule has 0 aromatic carbocycles. The predicted molar refractivity (Wildman–Crippen MR) is 114 cm³/mol. The third-order valence-electron chi connectivity index (χ3n) is 9.85.